The number of hydrogen-bond donors (Lipinski definition) is 1. The van der Waals surface area contributed by atoms with E-state index in [4.69, 9.17) is 11.6 Å². The maximum absolute atomic E-state index is 12.7. The van der Waals surface area contributed by atoms with Crippen molar-refractivity contribution in [3.8, 4) is 0 Å². The SMILES string of the molecule is COC(=O)CCCCNC(=O)c1ccccc1C(=O)c1ccc(Cl)cc1. The van der Waals surface area contributed by atoms with Gasteiger partial charge in [0.15, 0.2) is 5.78 Å². The first-order valence-electron chi connectivity index (χ1n) is 8.27. The molecule has 1 amide bonds. The molecule has 0 bridgehead atoms. The molecule has 0 atom stereocenters. The van der Waals surface area contributed by atoms with Crippen LogP contribution in [-0.2, 0) is 9.53 Å². The largest absolute Gasteiger partial charge is 0.469 e. The van der Waals surface area contributed by atoms with Crippen molar-refractivity contribution in [2.75, 3.05) is 13.7 Å². The molecule has 0 aromatic heterocycles. The summed E-state index contributed by atoms with van der Waals surface area (Å²) < 4.78 is 4.57. The summed E-state index contributed by atoms with van der Waals surface area (Å²) in [6, 6.07) is 13.2. The highest BCUT2D eigenvalue weighted by molar-refractivity contribution is 6.30. The molecule has 2 rings (SSSR count). The number of hydrogen-bond acceptors (Lipinski definition) is 4. The lowest BCUT2D eigenvalue weighted by Gasteiger charge is -2.10. The first kappa shape index (κ1) is 19.7. The van der Waals surface area contributed by atoms with E-state index in [1.165, 1.54) is 7.11 Å². The number of benzene rings is 2. The van der Waals surface area contributed by atoms with Crippen LogP contribution in [0.3, 0.4) is 0 Å². The van der Waals surface area contributed by atoms with Crippen molar-refractivity contribution in [1.82, 2.24) is 5.32 Å². The number of ether oxygens (including phenoxy) is 1. The minimum absolute atomic E-state index is 0.238. The quantitative estimate of drug-likeness (QED) is 0.435. The topological polar surface area (TPSA) is 72.5 Å². The first-order chi connectivity index (χ1) is 12.5. The Morgan fingerprint density at radius 1 is 0.962 bits per heavy atom. The van der Waals surface area contributed by atoms with Crippen LogP contribution in [0.4, 0.5) is 0 Å². The van der Waals surface area contributed by atoms with Gasteiger partial charge in [0, 0.05) is 29.1 Å². The normalized spacial score (nSPS) is 10.2. The highest BCUT2D eigenvalue weighted by atomic mass is 35.5. The van der Waals surface area contributed by atoms with Gasteiger partial charge in [-0.1, -0.05) is 29.8 Å². The summed E-state index contributed by atoms with van der Waals surface area (Å²) in [7, 11) is 1.35. The van der Waals surface area contributed by atoms with Crippen LogP contribution < -0.4 is 5.32 Å². The second-order valence-corrected chi connectivity index (χ2v) is 6.11. The molecule has 0 saturated carbocycles. The van der Waals surface area contributed by atoms with Crippen LogP contribution in [0.1, 0.15) is 45.5 Å². The third-order valence-electron chi connectivity index (χ3n) is 3.84. The van der Waals surface area contributed by atoms with Gasteiger partial charge in [-0.05, 0) is 43.2 Å². The van der Waals surface area contributed by atoms with Crippen molar-refractivity contribution in [2.45, 2.75) is 19.3 Å². The van der Waals surface area contributed by atoms with Gasteiger partial charge in [-0.2, -0.15) is 0 Å². The smallest absolute Gasteiger partial charge is 0.305 e. The zero-order chi connectivity index (χ0) is 18.9. The number of unbranched alkanes of at least 4 members (excludes halogenated alkanes) is 1. The predicted octanol–water partition coefficient (Wildman–Crippen LogP) is 3.64. The number of rotatable bonds is 8. The standard InChI is InChI=1S/C20H20ClNO4/c1-26-18(23)8-4-5-13-22-20(25)17-7-3-2-6-16(17)19(24)14-9-11-15(21)12-10-14/h2-3,6-7,9-12H,4-5,8,13H2,1H3,(H,22,25). The maximum Gasteiger partial charge on any atom is 0.305 e. The van der Waals surface area contributed by atoms with Crippen LogP contribution in [0.15, 0.2) is 48.5 Å². The minimum Gasteiger partial charge on any atom is -0.469 e. The number of ketones is 1. The van der Waals surface area contributed by atoms with Gasteiger partial charge >= 0.3 is 5.97 Å². The van der Waals surface area contributed by atoms with Crippen LogP contribution in [0.5, 0.6) is 0 Å². The maximum atomic E-state index is 12.7. The Morgan fingerprint density at radius 3 is 2.27 bits per heavy atom. The average Bonchev–Trinajstić information content (AvgIpc) is 2.67. The summed E-state index contributed by atoms with van der Waals surface area (Å²) in [4.78, 5) is 36.2. The molecule has 26 heavy (non-hydrogen) atoms. The lowest BCUT2D eigenvalue weighted by atomic mass is 9.98. The van der Waals surface area contributed by atoms with Crippen LogP contribution in [0.25, 0.3) is 0 Å². The monoisotopic (exact) mass is 373 g/mol. The number of amides is 1. The Bertz CT molecular complexity index is 787. The summed E-state index contributed by atoms with van der Waals surface area (Å²) in [5.41, 5.74) is 1.12. The molecule has 0 spiro atoms. The van der Waals surface area contributed by atoms with E-state index in [-0.39, 0.29) is 17.7 Å². The summed E-state index contributed by atoms with van der Waals surface area (Å²) in [5, 5.41) is 3.32. The van der Waals surface area contributed by atoms with Crippen molar-refractivity contribution in [1.29, 1.82) is 0 Å². The highest BCUT2D eigenvalue weighted by Gasteiger charge is 2.17. The van der Waals surface area contributed by atoms with E-state index >= 15 is 0 Å². The van der Waals surface area contributed by atoms with Gasteiger partial charge in [0.2, 0.25) is 0 Å². The second kappa shape index (κ2) is 9.73. The van der Waals surface area contributed by atoms with Gasteiger partial charge in [0.1, 0.15) is 0 Å². The van der Waals surface area contributed by atoms with Crippen molar-refractivity contribution in [3.05, 3.63) is 70.2 Å². The summed E-state index contributed by atoms with van der Waals surface area (Å²) in [6.07, 6.45) is 1.59. The van der Waals surface area contributed by atoms with E-state index in [1.807, 2.05) is 0 Å². The van der Waals surface area contributed by atoms with Gasteiger partial charge < -0.3 is 10.1 Å². The fourth-order valence-electron chi connectivity index (χ4n) is 2.43. The Kier molecular flexibility index (Phi) is 7.36. The van der Waals surface area contributed by atoms with Crippen molar-refractivity contribution in [2.24, 2.45) is 0 Å². The van der Waals surface area contributed by atoms with Crippen LogP contribution in [0, 0.1) is 0 Å². The lowest BCUT2D eigenvalue weighted by Crippen LogP contribution is -2.26. The summed E-state index contributed by atoms with van der Waals surface area (Å²) >= 11 is 5.85. The van der Waals surface area contributed by atoms with Gasteiger partial charge in [0.05, 0.1) is 12.7 Å². The molecule has 1 N–H and O–H groups in total. The minimum atomic E-state index is -0.319. The van der Waals surface area contributed by atoms with Gasteiger partial charge in [-0.15, -0.1) is 0 Å². The molecule has 0 aliphatic rings. The number of halogens is 1. The molecule has 0 aliphatic carbocycles. The third-order valence-corrected chi connectivity index (χ3v) is 4.10. The number of nitrogens with one attached hydrogen (secondary N) is 1. The highest BCUT2D eigenvalue weighted by Crippen LogP contribution is 2.17. The van der Waals surface area contributed by atoms with Gasteiger partial charge in [-0.25, -0.2) is 0 Å². The van der Waals surface area contributed by atoms with Crippen LogP contribution in [-0.4, -0.2) is 31.3 Å². The molecule has 5 nitrogen and oxygen atoms in total. The molecule has 2 aromatic carbocycles. The van der Waals surface area contributed by atoms with E-state index in [0.717, 1.165) is 0 Å². The van der Waals surface area contributed by atoms with Crippen molar-refractivity contribution < 1.29 is 19.1 Å². The number of esters is 1. The zero-order valence-corrected chi connectivity index (χ0v) is 15.2. The fourth-order valence-corrected chi connectivity index (χ4v) is 2.56. The molecule has 0 fully saturated rings. The van der Waals surface area contributed by atoms with Crippen molar-refractivity contribution in [3.63, 3.8) is 0 Å². The Labute approximate surface area is 157 Å². The van der Waals surface area contributed by atoms with E-state index in [9.17, 15) is 14.4 Å². The molecule has 0 radical (unpaired) electrons. The van der Waals surface area contributed by atoms with E-state index in [2.05, 4.69) is 10.1 Å². The Balaban J connectivity index is 2.01. The molecule has 0 saturated heterocycles. The van der Waals surface area contributed by atoms with Crippen LogP contribution >= 0.6 is 11.6 Å². The van der Waals surface area contributed by atoms with Gasteiger partial charge in [0.25, 0.3) is 5.91 Å². The third kappa shape index (κ3) is 5.43. The molecule has 0 heterocycles. The molecular formula is C20H20ClNO4. The number of carbonyl (C=O) groups is 3. The lowest BCUT2D eigenvalue weighted by molar-refractivity contribution is -0.140. The van der Waals surface area contributed by atoms with E-state index in [0.29, 0.717) is 47.5 Å². The average molecular weight is 374 g/mol. The second-order valence-electron chi connectivity index (χ2n) is 5.67. The molecule has 2 aromatic rings. The Morgan fingerprint density at radius 2 is 1.62 bits per heavy atom. The fraction of sp³-hybridized carbons (Fsp3) is 0.250. The number of carbonyl (C=O) groups excluding carboxylic acids is 3. The summed E-state index contributed by atoms with van der Waals surface area (Å²) in [6.45, 7) is 0.416. The van der Waals surface area contributed by atoms with Crippen LogP contribution in [0.2, 0.25) is 5.02 Å². The molecule has 6 heteroatoms. The molecule has 136 valence electrons. The van der Waals surface area contributed by atoms with Gasteiger partial charge in [-0.3, -0.25) is 14.4 Å². The van der Waals surface area contributed by atoms with E-state index < -0.39 is 0 Å². The Hall–Kier alpha value is -2.66. The zero-order valence-electron chi connectivity index (χ0n) is 14.5. The molecular weight excluding hydrogens is 354 g/mol. The molecule has 0 unspecified atom stereocenters. The van der Waals surface area contributed by atoms with E-state index in [1.54, 1.807) is 48.5 Å². The molecule has 0 aliphatic heterocycles. The summed E-state index contributed by atoms with van der Waals surface area (Å²) in [5.74, 6) is -0.825. The van der Waals surface area contributed by atoms with Crippen molar-refractivity contribution >= 4 is 29.3 Å². The number of methoxy groups -OCH3 is 1. The predicted molar refractivity (Wildman–Crippen MR) is 99.5 cm³/mol. The first-order valence-corrected chi connectivity index (χ1v) is 8.65.